The van der Waals surface area contributed by atoms with E-state index in [1.54, 1.807) is 6.92 Å². The first kappa shape index (κ1) is 20.2. The molecule has 0 saturated heterocycles. The van der Waals surface area contributed by atoms with Gasteiger partial charge in [0.05, 0.1) is 24.5 Å². The molecule has 0 aliphatic carbocycles. The summed E-state index contributed by atoms with van der Waals surface area (Å²) in [6, 6.07) is 0. The van der Waals surface area contributed by atoms with Gasteiger partial charge in [-0.15, -0.1) is 0 Å². The molecule has 2 unspecified atom stereocenters. The van der Waals surface area contributed by atoms with E-state index in [2.05, 4.69) is 4.89 Å². The lowest BCUT2D eigenvalue weighted by Crippen LogP contribution is -2.53. The zero-order valence-corrected chi connectivity index (χ0v) is 12.6. The monoisotopic (exact) mass is 319 g/mol. The Morgan fingerprint density at radius 3 is 1.68 bits per heavy atom. The van der Waals surface area contributed by atoms with Gasteiger partial charge >= 0.3 is 0 Å². The number of carboxylic acids is 2. The molecule has 128 valence electrons. The molecule has 0 aliphatic rings. The highest BCUT2D eigenvalue weighted by atomic mass is 17.1. The summed E-state index contributed by atoms with van der Waals surface area (Å²) >= 11 is 0. The van der Waals surface area contributed by atoms with E-state index in [1.165, 1.54) is 13.8 Å². The Bertz CT molecular complexity index is 356. The minimum absolute atomic E-state index is 0.0676. The van der Waals surface area contributed by atoms with Crippen LogP contribution < -0.4 is 15.5 Å². The molecule has 22 heavy (non-hydrogen) atoms. The third-order valence-electron chi connectivity index (χ3n) is 2.60. The third-order valence-corrected chi connectivity index (χ3v) is 2.60. The molecule has 0 spiro atoms. The highest BCUT2D eigenvalue weighted by Gasteiger charge is 2.36. The van der Waals surface area contributed by atoms with Gasteiger partial charge in [0.15, 0.2) is 0 Å². The maximum Gasteiger partial charge on any atom is 0.131 e. The van der Waals surface area contributed by atoms with Crippen molar-refractivity contribution >= 4 is 11.9 Å². The summed E-state index contributed by atoms with van der Waals surface area (Å²) in [4.78, 5) is 26.3. The van der Waals surface area contributed by atoms with Gasteiger partial charge in [0.2, 0.25) is 0 Å². The SMILES string of the molecule is CCO/C=C(\O[O-])C(C(OCC)C(=O)[O-])C(OCC)C(=O)[O-]. The normalized spacial score (nSPS) is 15.7. The molecule has 0 aliphatic heterocycles. The summed E-state index contributed by atoms with van der Waals surface area (Å²) < 4.78 is 14.8. The Balaban J connectivity index is 5.78. The molecular weight excluding hydrogens is 300 g/mol. The molecular formula is C13H19O9-3. The van der Waals surface area contributed by atoms with Gasteiger partial charge in [-0.1, -0.05) is 0 Å². The lowest BCUT2D eigenvalue weighted by molar-refractivity contribution is -0.674. The van der Waals surface area contributed by atoms with Gasteiger partial charge in [-0.2, -0.15) is 0 Å². The lowest BCUT2D eigenvalue weighted by Gasteiger charge is -2.36. The number of hydrogen-bond donors (Lipinski definition) is 0. The third kappa shape index (κ3) is 5.88. The summed E-state index contributed by atoms with van der Waals surface area (Å²) in [6.07, 6.45) is -2.76. The number of carbonyl (C=O) groups excluding carboxylic acids is 2. The topological polar surface area (TPSA) is 140 Å². The second-order valence-electron chi connectivity index (χ2n) is 3.97. The molecule has 0 aromatic rings. The first-order valence-corrected chi connectivity index (χ1v) is 6.70. The Kier molecular flexibility index (Phi) is 9.92. The first-order valence-electron chi connectivity index (χ1n) is 6.70. The Morgan fingerprint density at radius 1 is 0.955 bits per heavy atom. The number of carbonyl (C=O) groups is 2. The van der Waals surface area contributed by atoms with Gasteiger partial charge < -0.3 is 44.2 Å². The van der Waals surface area contributed by atoms with E-state index in [1.807, 2.05) is 0 Å². The van der Waals surface area contributed by atoms with Crippen molar-refractivity contribution in [1.29, 1.82) is 0 Å². The quantitative estimate of drug-likeness (QED) is 0.210. The van der Waals surface area contributed by atoms with Gasteiger partial charge in [-0.25, -0.2) is 0 Å². The van der Waals surface area contributed by atoms with Crippen LogP contribution in [0, 0.1) is 5.92 Å². The van der Waals surface area contributed by atoms with Crippen molar-refractivity contribution < 1.29 is 44.2 Å². The first-order chi connectivity index (χ1) is 10.4. The number of hydrogen-bond acceptors (Lipinski definition) is 9. The van der Waals surface area contributed by atoms with Crippen molar-refractivity contribution in [1.82, 2.24) is 0 Å². The van der Waals surface area contributed by atoms with Gasteiger partial charge in [0.1, 0.15) is 24.2 Å². The van der Waals surface area contributed by atoms with Crippen LogP contribution in [0.5, 0.6) is 0 Å². The van der Waals surface area contributed by atoms with Crippen LogP contribution in [0.15, 0.2) is 12.0 Å². The van der Waals surface area contributed by atoms with Crippen molar-refractivity contribution in [2.45, 2.75) is 33.0 Å². The number of carboxylic acid groups (broad SMARTS) is 2. The van der Waals surface area contributed by atoms with Gasteiger partial charge in [0.25, 0.3) is 0 Å². The van der Waals surface area contributed by atoms with Crippen LogP contribution in [0.2, 0.25) is 0 Å². The maximum atomic E-state index is 11.2. The summed E-state index contributed by atoms with van der Waals surface area (Å²) in [6.45, 7) is 4.60. The molecule has 0 amide bonds. The number of ether oxygens (including phenoxy) is 3. The van der Waals surface area contributed by atoms with Crippen molar-refractivity contribution in [3.05, 3.63) is 12.0 Å². The Morgan fingerprint density at radius 2 is 1.41 bits per heavy atom. The van der Waals surface area contributed by atoms with Crippen LogP contribution in [-0.2, 0) is 28.7 Å². The molecule has 9 heteroatoms. The van der Waals surface area contributed by atoms with Crippen LogP contribution in [0.4, 0.5) is 0 Å². The molecule has 9 nitrogen and oxygen atoms in total. The fraction of sp³-hybridized carbons (Fsp3) is 0.692. The summed E-state index contributed by atoms with van der Waals surface area (Å²) in [5, 5.41) is 33.3. The van der Waals surface area contributed by atoms with Crippen molar-refractivity contribution in [3.8, 4) is 0 Å². The van der Waals surface area contributed by atoms with E-state index in [0.717, 1.165) is 6.26 Å². The van der Waals surface area contributed by atoms with Crippen molar-refractivity contribution in [2.75, 3.05) is 19.8 Å². The largest absolute Gasteiger partial charge is 0.664 e. The molecule has 0 radical (unpaired) electrons. The standard InChI is InChI=1S/C13H22O9/c1-4-19-7-8(22-18)9(10(12(14)15)20-5-2)11(13(16)17)21-6-3/h7,9-11,18H,4-6H2,1-3H3,(H,14,15)(H,16,17)/p-3/b8-7-. The van der Waals surface area contributed by atoms with Crippen LogP contribution in [0.25, 0.3) is 0 Å². The maximum absolute atomic E-state index is 11.2. The molecule has 0 fully saturated rings. The summed E-state index contributed by atoms with van der Waals surface area (Å²) in [7, 11) is 0. The summed E-state index contributed by atoms with van der Waals surface area (Å²) in [5.41, 5.74) is 0. The highest BCUT2D eigenvalue weighted by molar-refractivity contribution is 5.76. The van der Waals surface area contributed by atoms with E-state index >= 15 is 0 Å². The fourth-order valence-electron chi connectivity index (χ4n) is 1.77. The van der Waals surface area contributed by atoms with Crippen LogP contribution in [0.3, 0.4) is 0 Å². The molecule has 0 rings (SSSR count). The minimum Gasteiger partial charge on any atom is -0.664 e. The number of rotatable bonds is 12. The number of aliphatic carboxylic acids is 2. The molecule has 0 bridgehead atoms. The van der Waals surface area contributed by atoms with Crippen LogP contribution in [-0.4, -0.2) is 44.0 Å². The van der Waals surface area contributed by atoms with Crippen LogP contribution in [0.1, 0.15) is 20.8 Å². The second-order valence-corrected chi connectivity index (χ2v) is 3.97. The van der Waals surface area contributed by atoms with Gasteiger partial charge in [-0.05, 0) is 20.8 Å². The van der Waals surface area contributed by atoms with Crippen LogP contribution >= 0.6 is 0 Å². The molecule has 0 saturated carbocycles. The Labute approximate surface area is 128 Å². The molecule has 0 aromatic heterocycles. The summed E-state index contributed by atoms with van der Waals surface area (Å²) in [5.74, 6) is -5.68. The van der Waals surface area contributed by atoms with Crippen molar-refractivity contribution in [3.63, 3.8) is 0 Å². The average molecular weight is 319 g/mol. The van der Waals surface area contributed by atoms with Gasteiger partial charge in [0, 0.05) is 13.2 Å². The predicted molar refractivity (Wildman–Crippen MR) is 65.1 cm³/mol. The fourth-order valence-corrected chi connectivity index (χ4v) is 1.77. The van der Waals surface area contributed by atoms with E-state index in [-0.39, 0.29) is 19.8 Å². The molecule has 0 heterocycles. The predicted octanol–water partition coefficient (Wildman–Crippen LogP) is -2.92. The van der Waals surface area contributed by atoms with E-state index in [0.29, 0.717) is 0 Å². The van der Waals surface area contributed by atoms with Gasteiger partial charge in [-0.3, -0.25) is 0 Å². The van der Waals surface area contributed by atoms with Crippen molar-refractivity contribution in [2.24, 2.45) is 5.92 Å². The second kappa shape index (κ2) is 10.8. The molecule has 0 N–H and O–H groups in total. The zero-order chi connectivity index (χ0) is 17.1. The molecule has 0 aromatic carbocycles. The molecule has 2 atom stereocenters. The minimum atomic E-state index is -1.79. The zero-order valence-electron chi connectivity index (χ0n) is 12.6. The highest BCUT2D eigenvalue weighted by Crippen LogP contribution is 2.25. The van der Waals surface area contributed by atoms with E-state index < -0.39 is 35.8 Å². The lowest BCUT2D eigenvalue weighted by atomic mass is 9.93. The van der Waals surface area contributed by atoms with E-state index in [4.69, 9.17) is 14.2 Å². The smallest absolute Gasteiger partial charge is 0.131 e. The average Bonchev–Trinajstić information content (AvgIpc) is 2.47. The Hall–Kier alpha value is -1.84. The van der Waals surface area contributed by atoms with E-state index in [9.17, 15) is 25.1 Å².